The van der Waals surface area contributed by atoms with E-state index in [0.717, 1.165) is 37.3 Å². The number of hydrogen-bond donors (Lipinski definition) is 2. The van der Waals surface area contributed by atoms with Crippen molar-refractivity contribution in [1.29, 1.82) is 0 Å². The molecule has 0 radical (unpaired) electrons. The Morgan fingerprint density at radius 3 is 2.76 bits per heavy atom. The fourth-order valence-corrected chi connectivity index (χ4v) is 2.68. The molecule has 1 aromatic heterocycles. The van der Waals surface area contributed by atoms with Crippen LogP contribution in [0.5, 0.6) is 0 Å². The Morgan fingerprint density at radius 2 is 2.12 bits per heavy atom. The SMILES string of the molecule is O=C(NCc1cccc(-c2cnc(C(F)(F)F)cn2)c1)C1CCCN1. The third kappa shape index (κ3) is 4.33. The minimum absolute atomic E-state index is 0.0442. The zero-order valence-electron chi connectivity index (χ0n) is 13.3. The van der Waals surface area contributed by atoms with Crippen molar-refractivity contribution in [3.8, 4) is 11.3 Å². The minimum Gasteiger partial charge on any atom is -0.351 e. The fraction of sp³-hybridized carbons (Fsp3) is 0.353. The van der Waals surface area contributed by atoms with Crippen molar-refractivity contribution < 1.29 is 18.0 Å². The van der Waals surface area contributed by atoms with Gasteiger partial charge < -0.3 is 10.6 Å². The van der Waals surface area contributed by atoms with Gasteiger partial charge in [0.2, 0.25) is 5.91 Å². The largest absolute Gasteiger partial charge is 0.434 e. The first-order valence-electron chi connectivity index (χ1n) is 7.93. The van der Waals surface area contributed by atoms with Crippen LogP contribution in [0.1, 0.15) is 24.1 Å². The summed E-state index contributed by atoms with van der Waals surface area (Å²) in [6.45, 7) is 1.19. The van der Waals surface area contributed by atoms with Gasteiger partial charge in [0.05, 0.1) is 24.1 Å². The van der Waals surface area contributed by atoms with Gasteiger partial charge in [-0.25, -0.2) is 4.98 Å². The molecule has 3 rings (SSSR count). The second-order valence-corrected chi connectivity index (χ2v) is 5.85. The second-order valence-electron chi connectivity index (χ2n) is 5.85. The molecule has 8 heteroatoms. The Labute approximate surface area is 142 Å². The summed E-state index contributed by atoms with van der Waals surface area (Å²) in [5, 5.41) is 5.99. The molecule has 0 spiro atoms. The summed E-state index contributed by atoms with van der Waals surface area (Å²) in [6.07, 6.45) is -0.877. The van der Waals surface area contributed by atoms with Crippen molar-refractivity contribution in [2.24, 2.45) is 0 Å². The van der Waals surface area contributed by atoms with Crippen LogP contribution in [0.15, 0.2) is 36.7 Å². The third-order valence-corrected chi connectivity index (χ3v) is 4.01. The molecule has 0 saturated carbocycles. The smallest absolute Gasteiger partial charge is 0.351 e. The molecule has 2 aromatic rings. The molecule has 1 amide bonds. The lowest BCUT2D eigenvalue weighted by atomic mass is 10.1. The number of carbonyl (C=O) groups is 1. The predicted octanol–water partition coefficient (Wildman–Crippen LogP) is 2.53. The lowest BCUT2D eigenvalue weighted by Gasteiger charge is -2.12. The Kier molecular flexibility index (Phi) is 4.98. The number of carbonyl (C=O) groups excluding carboxylic acids is 1. The molecule has 1 aliphatic rings. The zero-order chi connectivity index (χ0) is 17.9. The number of halogens is 3. The maximum absolute atomic E-state index is 12.5. The molecular formula is C17H17F3N4O. The van der Waals surface area contributed by atoms with Crippen molar-refractivity contribution in [1.82, 2.24) is 20.6 Å². The summed E-state index contributed by atoms with van der Waals surface area (Å²) in [6, 6.07) is 6.97. The summed E-state index contributed by atoms with van der Waals surface area (Å²) in [7, 11) is 0. The van der Waals surface area contributed by atoms with Crippen molar-refractivity contribution in [2.45, 2.75) is 31.6 Å². The predicted molar refractivity (Wildman–Crippen MR) is 85.3 cm³/mol. The normalized spacial score (nSPS) is 17.5. The fourth-order valence-electron chi connectivity index (χ4n) is 2.68. The molecule has 0 bridgehead atoms. The summed E-state index contributed by atoms with van der Waals surface area (Å²) >= 11 is 0. The lowest BCUT2D eigenvalue weighted by Crippen LogP contribution is -2.39. The summed E-state index contributed by atoms with van der Waals surface area (Å²) in [4.78, 5) is 19.3. The van der Waals surface area contributed by atoms with Crippen LogP contribution in [0.4, 0.5) is 13.2 Å². The van der Waals surface area contributed by atoms with E-state index < -0.39 is 11.9 Å². The monoisotopic (exact) mass is 350 g/mol. The van der Waals surface area contributed by atoms with Gasteiger partial charge in [0.25, 0.3) is 0 Å². The van der Waals surface area contributed by atoms with Crippen LogP contribution in [0.2, 0.25) is 0 Å². The van der Waals surface area contributed by atoms with E-state index in [9.17, 15) is 18.0 Å². The van der Waals surface area contributed by atoms with E-state index >= 15 is 0 Å². The summed E-state index contributed by atoms with van der Waals surface area (Å²) < 4.78 is 37.6. The van der Waals surface area contributed by atoms with Crippen LogP contribution in [0, 0.1) is 0 Å². The third-order valence-electron chi connectivity index (χ3n) is 4.01. The number of nitrogens with zero attached hydrogens (tertiary/aromatic N) is 2. The zero-order valence-corrected chi connectivity index (χ0v) is 13.3. The van der Waals surface area contributed by atoms with Gasteiger partial charge in [0, 0.05) is 12.1 Å². The first-order valence-corrected chi connectivity index (χ1v) is 7.93. The highest BCUT2D eigenvalue weighted by Crippen LogP contribution is 2.27. The summed E-state index contributed by atoms with van der Waals surface area (Å²) in [5.74, 6) is -0.0442. The molecule has 5 nitrogen and oxygen atoms in total. The van der Waals surface area contributed by atoms with E-state index in [1.165, 1.54) is 0 Å². The minimum atomic E-state index is -4.51. The van der Waals surface area contributed by atoms with Crippen LogP contribution in [0.25, 0.3) is 11.3 Å². The molecule has 2 heterocycles. The number of alkyl halides is 3. The Bertz CT molecular complexity index is 740. The highest BCUT2D eigenvalue weighted by molar-refractivity contribution is 5.82. The van der Waals surface area contributed by atoms with Crippen LogP contribution in [-0.4, -0.2) is 28.5 Å². The van der Waals surface area contributed by atoms with Crippen molar-refractivity contribution in [3.63, 3.8) is 0 Å². The molecule has 1 saturated heterocycles. The van der Waals surface area contributed by atoms with Gasteiger partial charge in [-0.15, -0.1) is 0 Å². The van der Waals surface area contributed by atoms with E-state index in [1.807, 2.05) is 6.07 Å². The standard InChI is InChI=1S/C17H17F3N4O/c18-17(19,20)15-10-22-14(9-23-15)12-4-1-3-11(7-12)8-24-16(25)13-5-2-6-21-13/h1,3-4,7,9-10,13,21H,2,5-6,8H2,(H,24,25). The number of amides is 1. The average molecular weight is 350 g/mol. The van der Waals surface area contributed by atoms with E-state index in [4.69, 9.17) is 0 Å². The van der Waals surface area contributed by atoms with Crippen LogP contribution >= 0.6 is 0 Å². The first-order chi connectivity index (χ1) is 11.9. The molecule has 1 aliphatic heterocycles. The highest BCUT2D eigenvalue weighted by atomic mass is 19.4. The second kappa shape index (κ2) is 7.18. The molecule has 132 valence electrons. The van der Waals surface area contributed by atoms with Gasteiger partial charge in [-0.2, -0.15) is 13.2 Å². The van der Waals surface area contributed by atoms with Crippen molar-refractivity contribution in [2.75, 3.05) is 6.54 Å². The van der Waals surface area contributed by atoms with E-state index in [1.54, 1.807) is 18.2 Å². The first kappa shape index (κ1) is 17.3. The molecular weight excluding hydrogens is 333 g/mol. The van der Waals surface area contributed by atoms with Crippen molar-refractivity contribution >= 4 is 5.91 Å². The van der Waals surface area contributed by atoms with Gasteiger partial charge in [-0.05, 0) is 31.0 Å². The number of nitrogens with one attached hydrogen (secondary N) is 2. The highest BCUT2D eigenvalue weighted by Gasteiger charge is 2.32. The molecule has 2 N–H and O–H groups in total. The Balaban J connectivity index is 1.67. The maximum Gasteiger partial charge on any atom is 0.434 e. The van der Waals surface area contributed by atoms with Crippen molar-refractivity contribution in [3.05, 3.63) is 47.9 Å². The van der Waals surface area contributed by atoms with Gasteiger partial charge in [-0.1, -0.05) is 18.2 Å². The van der Waals surface area contributed by atoms with E-state index in [2.05, 4.69) is 20.6 Å². The molecule has 1 fully saturated rings. The number of rotatable bonds is 4. The van der Waals surface area contributed by atoms with Crippen LogP contribution in [-0.2, 0) is 17.5 Å². The topological polar surface area (TPSA) is 66.9 Å². The molecule has 1 aromatic carbocycles. The number of hydrogen-bond acceptors (Lipinski definition) is 4. The van der Waals surface area contributed by atoms with Gasteiger partial charge >= 0.3 is 6.18 Å². The average Bonchev–Trinajstić information content (AvgIpc) is 3.14. The Morgan fingerprint density at radius 1 is 1.28 bits per heavy atom. The van der Waals surface area contributed by atoms with Crippen LogP contribution in [0.3, 0.4) is 0 Å². The number of aromatic nitrogens is 2. The van der Waals surface area contributed by atoms with E-state index in [0.29, 0.717) is 17.8 Å². The molecule has 25 heavy (non-hydrogen) atoms. The molecule has 0 aliphatic carbocycles. The van der Waals surface area contributed by atoms with Gasteiger partial charge in [0.1, 0.15) is 0 Å². The molecule has 1 atom stereocenters. The Hall–Kier alpha value is -2.48. The van der Waals surface area contributed by atoms with Crippen LogP contribution < -0.4 is 10.6 Å². The quantitative estimate of drug-likeness (QED) is 0.889. The van der Waals surface area contributed by atoms with Gasteiger partial charge in [-0.3, -0.25) is 9.78 Å². The lowest BCUT2D eigenvalue weighted by molar-refractivity contribution is -0.141. The van der Waals surface area contributed by atoms with E-state index in [-0.39, 0.29) is 11.9 Å². The van der Waals surface area contributed by atoms with Gasteiger partial charge in [0.15, 0.2) is 5.69 Å². The number of benzene rings is 1. The maximum atomic E-state index is 12.5. The molecule has 1 unspecified atom stereocenters. The summed E-state index contributed by atoms with van der Waals surface area (Å²) in [5.41, 5.74) is 0.805.